The first-order valence-electron chi connectivity index (χ1n) is 12.7. The fourth-order valence-corrected chi connectivity index (χ4v) is 5.41. The van der Waals surface area contributed by atoms with Crippen LogP contribution < -0.4 is 15.0 Å². The summed E-state index contributed by atoms with van der Waals surface area (Å²) in [5, 5.41) is 14.2. The predicted octanol–water partition coefficient (Wildman–Crippen LogP) is 5.43. The van der Waals surface area contributed by atoms with Crippen molar-refractivity contribution < 1.29 is 19.4 Å². The number of likely N-dealkylation sites (tertiary alicyclic amines) is 1. The van der Waals surface area contributed by atoms with Gasteiger partial charge in [0.05, 0.1) is 21.8 Å². The Morgan fingerprint density at radius 1 is 1.05 bits per heavy atom. The van der Waals surface area contributed by atoms with E-state index in [9.17, 15) is 14.7 Å². The quantitative estimate of drug-likeness (QED) is 0.407. The van der Waals surface area contributed by atoms with E-state index in [4.69, 9.17) is 27.9 Å². The molecular weight excluding hydrogens is 525 g/mol. The van der Waals surface area contributed by atoms with Crippen molar-refractivity contribution in [2.45, 2.75) is 31.8 Å². The number of phenolic OH excluding ortho intramolecular Hbond substituents is 1. The number of hydrogen-bond donors (Lipinski definition) is 2. The number of aromatic hydroxyl groups is 1. The largest absolute Gasteiger partial charge is 0.507 e. The van der Waals surface area contributed by atoms with Crippen molar-refractivity contribution in [1.29, 1.82) is 0 Å². The monoisotopic (exact) mass is 553 g/mol. The highest BCUT2D eigenvalue weighted by molar-refractivity contribution is 6.42. The summed E-state index contributed by atoms with van der Waals surface area (Å²) >= 11 is 12.4. The molecule has 2 atom stereocenters. The van der Waals surface area contributed by atoms with Crippen molar-refractivity contribution in [1.82, 2.24) is 10.2 Å². The van der Waals surface area contributed by atoms with Crippen LogP contribution in [0.5, 0.6) is 11.5 Å². The summed E-state index contributed by atoms with van der Waals surface area (Å²) in [6.45, 7) is 4.07. The van der Waals surface area contributed by atoms with E-state index in [1.54, 1.807) is 31.2 Å². The van der Waals surface area contributed by atoms with E-state index in [0.717, 1.165) is 42.6 Å². The average Bonchev–Trinajstić information content (AvgIpc) is 3.42. The number of phenols is 1. The third-order valence-corrected chi connectivity index (χ3v) is 7.83. The van der Waals surface area contributed by atoms with Crippen LogP contribution in [0, 0.1) is 0 Å². The molecule has 2 N–H and O–H groups in total. The molecule has 0 aliphatic carbocycles. The van der Waals surface area contributed by atoms with Crippen LogP contribution in [-0.4, -0.2) is 54.1 Å². The number of ether oxygens (including phenoxy) is 1. The molecule has 38 heavy (non-hydrogen) atoms. The molecule has 0 spiro atoms. The summed E-state index contributed by atoms with van der Waals surface area (Å²) in [4.78, 5) is 30.3. The highest BCUT2D eigenvalue weighted by Crippen LogP contribution is 2.40. The third-order valence-electron chi connectivity index (χ3n) is 7.11. The van der Waals surface area contributed by atoms with Crippen LogP contribution in [0.2, 0.25) is 10.0 Å². The van der Waals surface area contributed by atoms with Gasteiger partial charge in [-0.15, -0.1) is 0 Å². The van der Waals surface area contributed by atoms with Crippen molar-refractivity contribution in [3.63, 3.8) is 0 Å². The van der Waals surface area contributed by atoms with Crippen LogP contribution in [-0.2, 0) is 9.59 Å². The second-order valence-electron chi connectivity index (χ2n) is 9.67. The van der Waals surface area contributed by atoms with Crippen LogP contribution in [0.1, 0.15) is 31.4 Å². The lowest BCUT2D eigenvalue weighted by molar-refractivity contribution is -0.128. The Morgan fingerprint density at radius 2 is 1.79 bits per heavy atom. The molecular formula is C29H29Cl2N3O4. The van der Waals surface area contributed by atoms with Crippen molar-refractivity contribution in [3.05, 3.63) is 76.3 Å². The maximum atomic E-state index is 13.7. The predicted molar refractivity (Wildman–Crippen MR) is 149 cm³/mol. The number of carbonyl (C=O) groups is 2. The number of rotatable bonds is 7. The van der Waals surface area contributed by atoms with Crippen LogP contribution in [0.3, 0.4) is 0 Å². The number of para-hydroxylation sites is 1. The molecule has 198 valence electrons. The van der Waals surface area contributed by atoms with Crippen LogP contribution in [0.4, 0.5) is 5.69 Å². The summed E-state index contributed by atoms with van der Waals surface area (Å²) in [5.74, 6) is -0.0325. The summed E-state index contributed by atoms with van der Waals surface area (Å²) in [7, 11) is 0. The molecule has 3 aromatic carbocycles. The van der Waals surface area contributed by atoms with Crippen molar-refractivity contribution in [2.75, 3.05) is 31.1 Å². The molecule has 9 heteroatoms. The number of carbonyl (C=O) groups excluding carboxylic acids is 2. The number of benzene rings is 3. The highest BCUT2D eigenvalue weighted by atomic mass is 35.5. The number of nitrogens with zero attached hydrogens (tertiary/aromatic N) is 2. The highest BCUT2D eigenvalue weighted by Gasteiger charge is 2.35. The topological polar surface area (TPSA) is 82.1 Å². The summed E-state index contributed by atoms with van der Waals surface area (Å²) in [6.07, 6.45) is 2.24. The average molecular weight is 554 g/mol. The minimum absolute atomic E-state index is 0.192. The van der Waals surface area contributed by atoms with Gasteiger partial charge in [0.2, 0.25) is 5.91 Å². The Labute approximate surface area is 231 Å². The molecule has 2 aliphatic heterocycles. The number of halogens is 2. The first-order chi connectivity index (χ1) is 18.3. The number of hydrogen-bond acceptors (Lipinski definition) is 5. The summed E-state index contributed by atoms with van der Waals surface area (Å²) in [5.41, 5.74) is 2.91. The van der Waals surface area contributed by atoms with Crippen molar-refractivity contribution >= 4 is 40.7 Å². The van der Waals surface area contributed by atoms with Gasteiger partial charge in [0, 0.05) is 18.2 Å². The molecule has 5 rings (SSSR count). The second kappa shape index (κ2) is 11.2. The first-order valence-corrected chi connectivity index (χ1v) is 13.4. The van der Waals surface area contributed by atoms with Crippen LogP contribution >= 0.6 is 23.2 Å². The SMILES string of the molecule is CC(C(=O)NC(CN1CCCC1)c1cccc(-c2ccccc2O)c1)N1C(=O)COc2cc(Cl)c(Cl)cc21. The van der Waals surface area contributed by atoms with Gasteiger partial charge in [-0.3, -0.25) is 14.5 Å². The van der Waals surface area contributed by atoms with Crippen LogP contribution in [0.25, 0.3) is 11.1 Å². The molecule has 0 aromatic heterocycles. The molecule has 2 aliphatic rings. The maximum absolute atomic E-state index is 13.7. The van der Waals surface area contributed by atoms with E-state index in [1.165, 1.54) is 4.90 Å². The molecule has 2 amide bonds. The lowest BCUT2D eigenvalue weighted by Gasteiger charge is -2.35. The molecule has 2 unspecified atom stereocenters. The number of fused-ring (bicyclic) bond motifs is 1. The maximum Gasteiger partial charge on any atom is 0.265 e. The minimum Gasteiger partial charge on any atom is -0.507 e. The molecule has 2 heterocycles. The minimum atomic E-state index is -0.815. The number of amides is 2. The zero-order valence-corrected chi connectivity index (χ0v) is 22.5. The zero-order chi connectivity index (χ0) is 26.8. The molecule has 1 saturated heterocycles. The smallest absolute Gasteiger partial charge is 0.265 e. The molecule has 0 radical (unpaired) electrons. The van der Waals surface area contributed by atoms with E-state index in [2.05, 4.69) is 10.2 Å². The fourth-order valence-electron chi connectivity index (χ4n) is 5.10. The molecule has 1 fully saturated rings. The zero-order valence-electron chi connectivity index (χ0n) is 21.0. The van der Waals surface area contributed by atoms with E-state index >= 15 is 0 Å². The van der Waals surface area contributed by atoms with Gasteiger partial charge >= 0.3 is 0 Å². The molecule has 0 saturated carbocycles. The fraction of sp³-hybridized carbons (Fsp3) is 0.310. The van der Waals surface area contributed by atoms with E-state index in [1.807, 2.05) is 36.4 Å². The second-order valence-corrected chi connectivity index (χ2v) is 10.5. The molecule has 7 nitrogen and oxygen atoms in total. The summed E-state index contributed by atoms with van der Waals surface area (Å²) < 4.78 is 5.54. The van der Waals surface area contributed by atoms with Gasteiger partial charge in [0.15, 0.2) is 6.61 Å². The van der Waals surface area contributed by atoms with E-state index in [0.29, 0.717) is 23.0 Å². The van der Waals surface area contributed by atoms with Gasteiger partial charge in [0.25, 0.3) is 5.91 Å². The van der Waals surface area contributed by atoms with Gasteiger partial charge in [-0.2, -0.15) is 0 Å². The number of nitrogens with one attached hydrogen (secondary N) is 1. The van der Waals surface area contributed by atoms with Crippen molar-refractivity contribution in [2.24, 2.45) is 0 Å². The first kappa shape index (κ1) is 26.4. The van der Waals surface area contributed by atoms with Gasteiger partial charge in [-0.05, 0) is 62.2 Å². The third kappa shape index (κ3) is 5.46. The van der Waals surface area contributed by atoms with E-state index < -0.39 is 6.04 Å². The Kier molecular flexibility index (Phi) is 7.79. The molecule has 3 aromatic rings. The van der Waals surface area contributed by atoms with Gasteiger partial charge in [-0.25, -0.2) is 0 Å². The van der Waals surface area contributed by atoms with Gasteiger partial charge in [0.1, 0.15) is 17.5 Å². The lowest BCUT2D eigenvalue weighted by atomic mass is 9.98. The normalized spacial score (nSPS) is 17.0. The van der Waals surface area contributed by atoms with Gasteiger partial charge < -0.3 is 20.1 Å². The lowest BCUT2D eigenvalue weighted by Crippen LogP contribution is -2.52. The number of anilines is 1. The Balaban J connectivity index is 1.43. The van der Waals surface area contributed by atoms with Crippen LogP contribution in [0.15, 0.2) is 60.7 Å². The molecule has 0 bridgehead atoms. The Hall–Kier alpha value is -3.26. The standard InChI is InChI=1S/C29H29Cl2N3O4/c1-18(34-25-14-22(30)23(31)15-27(25)38-17-28(34)36)29(37)32-24(16-33-11-4-5-12-33)20-8-6-7-19(13-20)21-9-2-3-10-26(21)35/h2-3,6-10,13-15,18,24,35H,4-5,11-12,16-17H2,1H3,(H,32,37). The van der Waals surface area contributed by atoms with Gasteiger partial charge in [-0.1, -0.05) is 59.6 Å². The van der Waals surface area contributed by atoms with E-state index in [-0.39, 0.29) is 35.2 Å². The van der Waals surface area contributed by atoms with Crippen molar-refractivity contribution in [3.8, 4) is 22.6 Å². The Bertz CT molecular complexity index is 1360. The summed E-state index contributed by atoms with van der Waals surface area (Å²) in [6, 6.07) is 17.0. The Morgan fingerprint density at radius 3 is 2.55 bits per heavy atom.